The number of carbonyl (C=O) groups excluding carboxylic acids is 1. The SMILES string of the molecule is NCCCOC1CCN(C(=O)CCS(=O)c2ccc3c(c2)OCCO3)CC1. The van der Waals surface area contributed by atoms with Crippen LogP contribution in [0.5, 0.6) is 11.5 Å². The van der Waals surface area contributed by atoms with Crippen LogP contribution in [0.1, 0.15) is 25.7 Å². The molecule has 7 nitrogen and oxygen atoms in total. The van der Waals surface area contributed by atoms with Crippen LogP contribution in [0.15, 0.2) is 23.1 Å². The van der Waals surface area contributed by atoms with Gasteiger partial charge in [-0.1, -0.05) is 0 Å². The zero-order valence-electron chi connectivity index (χ0n) is 15.6. The highest BCUT2D eigenvalue weighted by atomic mass is 32.2. The lowest BCUT2D eigenvalue weighted by molar-refractivity contribution is -0.133. The van der Waals surface area contributed by atoms with Crippen molar-refractivity contribution in [1.29, 1.82) is 0 Å². The minimum atomic E-state index is -1.24. The van der Waals surface area contributed by atoms with Gasteiger partial charge in [-0.05, 0) is 37.9 Å². The molecule has 1 fully saturated rings. The number of rotatable bonds is 8. The second kappa shape index (κ2) is 10.1. The van der Waals surface area contributed by atoms with Gasteiger partial charge in [-0.2, -0.15) is 0 Å². The van der Waals surface area contributed by atoms with Crippen LogP contribution in [0.4, 0.5) is 0 Å². The molecule has 0 aliphatic carbocycles. The average molecular weight is 397 g/mol. The molecule has 0 bridgehead atoms. The van der Waals surface area contributed by atoms with Crippen LogP contribution in [0.25, 0.3) is 0 Å². The van der Waals surface area contributed by atoms with Crippen molar-refractivity contribution in [3.05, 3.63) is 18.2 Å². The predicted molar refractivity (Wildman–Crippen MR) is 103 cm³/mol. The normalized spacial score (nSPS) is 18.3. The highest BCUT2D eigenvalue weighted by Gasteiger charge is 2.23. The Morgan fingerprint density at radius 1 is 1.22 bits per heavy atom. The number of hydrogen-bond donors (Lipinski definition) is 1. The molecule has 150 valence electrons. The number of carbonyl (C=O) groups is 1. The summed E-state index contributed by atoms with van der Waals surface area (Å²) in [4.78, 5) is 14.9. The minimum Gasteiger partial charge on any atom is -0.486 e. The molecule has 2 aliphatic rings. The van der Waals surface area contributed by atoms with Gasteiger partial charge in [0.05, 0.1) is 16.9 Å². The Balaban J connectivity index is 1.42. The molecular weight excluding hydrogens is 368 g/mol. The van der Waals surface area contributed by atoms with E-state index in [1.807, 2.05) is 4.90 Å². The van der Waals surface area contributed by atoms with E-state index in [0.717, 1.165) is 19.3 Å². The Morgan fingerprint density at radius 3 is 2.70 bits per heavy atom. The maximum absolute atomic E-state index is 12.5. The first-order valence-electron chi connectivity index (χ1n) is 9.55. The average Bonchev–Trinajstić information content (AvgIpc) is 2.72. The molecule has 0 spiro atoms. The van der Waals surface area contributed by atoms with Gasteiger partial charge in [0, 0.05) is 42.8 Å². The smallest absolute Gasteiger partial charge is 0.223 e. The van der Waals surface area contributed by atoms with E-state index in [-0.39, 0.29) is 18.4 Å². The van der Waals surface area contributed by atoms with E-state index in [0.29, 0.717) is 61.6 Å². The van der Waals surface area contributed by atoms with Crippen LogP contribution in [0, 0.1) is 0 Å². The zero-order chi connectivity index (χ0) is 19.1. The maximum Gasteiger partial charge on any atom is 0.223 e. The van der Waals surface area contributed by atoms with E-state index in [9.17, 15) is 9.00 Å². The van der Waals surface area contributed by atoms with Crippen molar-refractivity contribution in [2.45, 2.75) is 36.7 Å². The van der Waals surface area contributed by atoms with Gasteiger partial charge in [0.25, 0.3) is 0 Å². The van der Waals surface area contributed by atoms with E-state index in [2.05, 4.69) is 0 Å². The Morgan fingerprint density at radius 2 is 1.96 bits per heavy atom. The number of hydrogen-bond acceptors (Lipinski definition) is 6. The highest BCUT2D eigenvalue weighted by Crippen LogP contribution is 2.31. The Hall–Kier alpha value is -1.64. The number of amides is 1. The molecule has 1 amide bonds. The van der Waals surface area contributed by atoms with E-state index < -0.39 is 10.8 Å². The number of nitrogens with two attached hydrogens (primary N) is 1. The third-order valence-electron chi connectivity index (χ3n) is 4.77. The van der Waals surface area contributed by atoms with Crippen molar-refractivity contribution in [3.63, 3.8) is 0 Å². The van der Waals surface area contributed by atoms with E-state index in [1.54, 1.807) is 18.2 Å². The summed E-state index contributed by atoms with van der Waals surface area (Å²) in [5.74, 6) is 1.66. The van der Waals surface area contributed by atoms with Gasteiger partial charge in [-0.15, -0.1) is 0 Å². The summed E-state index contributed by atoms with van der Waals surface area (Å²) < 4.78 is 29.3. The van der Waals surface area contributed by atoms with E-state index in [4.69, 9.17) is 19.9 Å². The molecule has 1 saturated heterocycles. The molecule has 1 unspecified atom stereocenters. The minimum absolute atomic E-state index is 0.0568. The van der Waals surface area contributed by atoms with E-state index >= 15 is 0 Å². The van der Waals surface area contributed by atoms with Gasteiger partial charge in [0.2, 0.25) is 5.91 Å². The third kappa shape index (κ3) is 5.67. The summed E-state index contributed by atoms with van der Waals surface area (Å²) in [6.07, 6.45) is 3.06. The van der Waals surface area contributed by atoms with Gasteiger partial charge >= 0.3 is 0 Å². The lowest BCUT2D eigenvalue weighted by atomic mass is 10.1. The molecule has 0 saturated carbocycles. The largest absolute Gasteiger partial charge is 0.486 e. The van der Waals surface area contributed by atoms with Crippen LogP contribution in [-0.4, -0.2) is 66.3 Å². The molecule has 1 atom stereocenters. The van der Waals surface area contributed by atoms with Crippen LogP contribution in [-0.2, 0) is 20.3 Å². The van der Waals surface area contributed by atoms with Gasteiger partial charge in [0.1, 0.15) is 13.2 Å². The summed E-state index contributed by atoms with van der Waals surface area (Å²) in [7, 11) is -1.24. The summed E-state index contributed by atoms with van der Waals surface area (Å²) in [5.41, 5.74) is 5.47. The molecule has 2 aliphatic heterocycles. The molecular formula is C19H28N2O5S. The van der Waals surface area contributed by atoms with Crippen molar-refractivity contribution in [3.8, 4) is 11.5 Å². The van der Waals surface area contributed by atoms with Gasteiger partial charge in [0.15, 0.2) is 11.5 Å². The second-order valence-corrected chi connectivity index (χ2v) is 8.27. The van der Waals surface area contributed by atoms with Crippen molar-refractivity contribution >= 4 is 16.7 Å². The molecule has 0 radical (unpaired) electrons. The summed E-state index contributed by atoms with van der Waals surface area (Å²) >= 11 is 0. The van der Waals surface area contributed by atoms with Crippen molar-refractivity contribution < 1.29 is 23.2 Å². The fraction of sp³-hybridized carbons (Fsp3) is 0.632. The standard InChI is InChI=1S/C19H28N2O5S/c20-7-1-10-24-15-4-8-21(9-5-15)19(22)6-13-27(23)16-2-3-17-18(14-16)26-12-11-25-17/h2-3,14-15H,1,4-13,20H2. The number of ether oxygens (including phenoxy) is 3. The fourth-order valence-corrected chi connectivity index (χ4v) is 4.28. The Bertz CT molecular complexity index is 662. The van der Waals surface area contributed by atoms with Crippen LogP contribution in [0.2, 0.25) is 0 Å². The lowest BCUT2D eigenvalue weighted by Gasteiger charge is -2.32. The lowest BCUT2D eigenvalue weighted by Crippen LogP contribution is -2.41. The van der Waals surface area contributed by atoms with Crippen molar-refractivity contribution in [1.82, 2.24) is 4.90 Å². The van der Waals surface area contributed by atoms with Crippen LogP contribution in [0.3, 0.4) is 0 Å². The third-order valence-corrected chi connectivity index (χ3v) is 6.13. The molecule has 27 heavy (non-hydrogen) atoms. The van der Waals surface area contributed by atoms with Gasteiger partial charge in [-0.25, -0.2) is 0 Å². The quantitative estimate of drug-likeness (QED) is 0.667. The molecule has 1 aromatic carbocycles. The molecule has 2 heterocycles. The predicted octanol–water partition coefficient (Wildman–Crippen LogP) is 1.31. The topological polar surface area (TPSA) is 91.1 Å². The van der Waals surface area contributed by atoms with Crippen LogP contribution < -0.4 is 15.2 Å². The number of piperidine rings is 1. The summed E-state index contributed by atoms with van der Waals surface area (Å²) in [5, 5.41) is 0. The zero-order valence-corrected chi connectivity index (χ0v) is 16.4. The van der Waals surface area contributed by atoms with Crippen molar-refractivity contribution in [2.24, 2.45) is 5.73 Å². The highest BCUT2D eigenvalue weighted by molar-refractivity contribution is 7.85. The Labute approximate surface area is 162 Å². The maximum atomic E-state index is 12.5. The Kier molecular flexibility index (Phi) is 7.49. The molecule has 2 N–H and O–H groups in total. The monoisotopic (exact) mass is 396 g/mol. The van der Waals surface area contributed by atoms with Gasteiger partial charge in [-0.3, -0.25) is 9.00 Å². The fourth-order valence-electron chi connectivity index (χ4n) is 3.23. The first-order chi connectivity index (χ1) is 13.2. The summed E-state index contributed by atoms with van der Waals surface area (Å²) in [6.45, 7) is 3.74. The number of nitrogens with zero attached hydrogens (tertiary/aromatic N) is 1. The first-order valence-corrected chi connectivity index (χ1v) is 10.9. The first kappa shape index (κ1) is 20.1. The van der Waals surface area contributed by atoms with Crippen molar-refractivity contribution in [2.75, 3.05) is 45.2 Å². The molecule has 0 aromatic heterocycles. The second-order valence-electron chi connectivity index (χ2n) is 6.70. The molecule has 1 aromatic rings. The molecule has 3 rings (SSSR count). The van der Waals surface area contributed by atoms with E-state index in [1.165, 1.54) is 0 Å². The summed E-state index contributed by atoms with van der Waals surface area (Å²) in [6, 6.07) is 5.30. The number of likely N-dealkylation sites (tertiary alicyclic amines) is 1. The number of benzene rings is 1. The van der Waals surface area contributed by atoms with Gasteiger partial charge < -0.3 is 24.8 Å². The van der Waals surface area contributed by atoms with Crippen LogP contribution >= 0.6 is 0 Å². The number of fused-ring (bicyclic) bond motifs is 1. The molecule has 8 heteroatoms.